The van der Waals surface area contributed by atoms with Crippen molar-refractivity contribution in [1.29, 1.82) is 0 Å². The maximum absolute atomic E-state index is 12.1. The highest BCUT2D eigenvalue weighted by atomic mass is 79.9. The van der Waals surface area contributed by atoms with Crippen LogP contribution in [0.5, 0.6) is 5.75 Å². The van der Waals surface area contributed by atoms with E-state index in [1.165, 1.54) is 18.2 Å². The maximum atomic E-state index is 12.1. The highest BCUT2D eigenvalue weighted by molar-refractivity contribution is 9.10. The van der Waals surface area contributed by atoms with Crippen LogP contribution in [0.2, 0.25) is 5.02 Å². The van der Waals surface area contributed by atoms with E-state index < -0.39 is 10.8 Å². The minimum Gasteiger partial charge on any atom is -0.483 e. The van der Waals surface area contributed by atoms with Gasteiger partial charge in [-0.2, -0.15) is 0 Å². The number of carbonyl (C=O) groups is 1. The average Bonchev–Trinajstić information content (AvgIpc) is 2.69. The van der Waals surface area contributed by atoms with Crippen LogP contribution >= 0.6 is 27.5 Å². The van der Waals surface area contributed by atoms with Gasteiger partial charge in [-0.05, 0) is 51.3 Å². The van der Waals surface area contributed by atoms with Crippen molar-refractivity contribution in [3.8, 4) is 16.9 Å². The third-order valence-electron chi connectivity index (χ3n) is 3.82. The van der Waals surface area contributed by atoms with Crippen LogP contribution in [-0.4, -0.2) is 17.4 Å². The van der Waals surface area contributed by atoms with Gasteiger partial charge in [-0.3, -0.25) is 14.9 Å². The van der Waals surface area contributed by atoms with Gasteiger partial charge in [0.1, 0.15) is 10.8 Å². The molecule has 0 spiro atoms. The van der Waals surface area contributed by atoms with Crippen molar-refractivity contribution in [2.75, 3.05) is 11.9 Å². The molecule has 0 heterocycles. The van der Waals surface area contributed by atoms with Gasteiger partial charge in [0.25, 0.3) is 11.6 Å². The number of amides is 1. The lowest BCUT2D eigenvalue weighted by Gasteiger charge is -2.10. The summed E-state index contributed by atoms with van der Waals surface area (Å²) in [5.74, 6) is 0.0626. The van der Waals surface area contributed by atoms with E-state index >= 15 is 0 Å². The van der Waals surface area contributed by atoms with E-state index in [4.69, 9.17) is 16.3 Å². The number of benzene rings is 3. The van der Waals surface area contributed by atoms with E-state index in [2.05, 4.69) is 21.2 Å². The molecule has 0 aliphatic heterocycles. The molecule has 0 unspecified atom stereocenters. The third-order valence-corrected chi connectivity index (χ3v) is 4.76. The van der Waals surface area contributed by atoms with Gasteiger partial charge in [0, 0.05) is 11.8 Å². The van der Waals surface area contributed by atoms with Crippen LogP contribution in [0.25, 0.3) is 11.1 Å². The summed E-state index contributed by atoms with van der Waals surface area (Å²) < 4.78 is 6.26. The van der Waals surface area contributed by atoms with Crippen LogP contribution < -0.4 is 10.1 Å². The molecule has 0 aromatic heterocycles. The topological polar surface area (TPSA) is 81.5 Å². The van der Waals surface area contributed by atoms with Crippen LogP contribution in [0.15, 0.2) is 71.2 Å². The molecule has 0 saturated carbocycles. The fourth-order valence-electron chi connectivity index (χ4n) is 2.50. The number of nitro groups is 1. The second-order valence-electron chi connectivity index (χ2n) is 5.77. The summed E-state index contributed by atoms with van der Waals surface area (Å²) in [6, 6.07) is 19.5. The number of ether oxygens (including phenoxy) is 1. The number of nitro benzene ring substituents is 1. The van der Waals surface area contributed by atoms with Gasteiger partial charge in [0.2, 0.25) is 0 Å². The Morgan fingerprint density at radius 1 is 1.07 bits per heavy atom. The molecule has 8 heteroatoms. The zero-order chi connectivity index (χ0) is 20.1. The number of anilines is 1. The van der Waals surface area contributed by atoms with Crippen LogP contribution in [0.3, 0.4) is 0 Å². The lowest BCUT2D eigenvalue weighted by molar-refractivity contribution is -0.384. The summed E-state index contributed by atoms with van der Waals surface area (Å²) >= 11 is 9.21. The SMILES string of the molecule is O=C(COc1ccc(-c2ccccc2)cc1Br)Nc1ccc(Cl)c([N+](=O)[O-])c1. The first kappa shape index (κ1) is 19.9. The van der Waals surface area contributed by atoms with Gasteiger partial charge in [-0.15, -0.1) is 0 Å². The molecule has 1 N–H and O–H groups in total. The van der Waals surface area contributed by atoms with Crippen molar-refractivity contribution in [3.05, 3.63) is 86.3 Å². The fourth-order valence-corrected chi connectivity index (χ4v) is 3.18. The van der Waals surface area contributed by atoms with E-state index in [9.17, 15) is 14.9 Å². The van der Waals surface area contributed by atoms with E-state index in [0.29, 0.717) is 10.2 Å². The first-order valence-electron chi connectivity index (χ1n) is 8.15. The number of rotatable bonds is 6. The van der Waals surface area contributed by atoms with Crippen molar-refractivity contribution in [1.82, 2.24) is 0 Å². The van der Waals surface area contributed by atoms with Gasteiger partial charge in [-0.25, -0.2) is 0 Å². The maximum Gasteiger partial charge on any atom is 0.289 e. The lowest BCUT2D eigenvalue weighted by Crippen LogP contribution is -2.20. The van der Waals surface area contributed by atoms with Crippen molar-refractivity contribution >= 4 is 44.8 Å². The quantitative estimate of drug-likeness (QED) is 0.377. The molecule has 3 aromatic rings. The van der Waals surface area contributed by atoms with Crippen LogP contribution in [-0.2, 0) is 4.79 Å². The largest absolute Gasteiger partial charge is 0.483 e. The molecule has 0 atom stereocenters. The number of halogens is 2. The van der Waals surface area contributed by atoms with Gasteiger partial charge in [0.05, 0.1) is 9.40 Å². The van der Waals surface area contributed by atoms with Crippen molar-refractivity contribution in [3.63, 3.8) is 0 Å². The Balaban J connectivity index is 1.63. The van der Waals surface area contributed by atoms with Gasteiger partial charge in [0.15, 0.2) is 6.61 Å². The van der Waals surface area contributed by atoms with Gasteiger partial charge in [-0.1, -0.05) is 48.0 Å². The molecule has 1 amide bonds. The Labute approximate surface area is 174 Å². The van der Waals surface area contributed by atoms with E-state index in [0.717, 1.165) is 11.1 Å². The first-order chi connectivity index (χ1) is 13.4. The van der Waals surface area contributed by atoms with Crippen LogP contribution in [0, 0.1) is 10.1 Å². The summed E-state index contributed by atoms with van der Waals surface area (Å²) in [5, 5.41) is 13.5. The summed E-state index contributed by atoms with van der Waals surface area (Å²) in [7, 11) is 0. The van der Waals surface area contributed by atoms with Crippen molar-refractivity contribution in [2.45, 2.75) is 0 Å². The Kier molecular flexibility index (Phi) is 6.28. The Morgan fingerprint density at radius 2 is 1.82 bits per heavy atom. The highest BCUT2D eigenvalue weighted by Gasteiger charge is 2.14. The minimum atomic E-state index is -0.611. The molecule has 0 fully saturated rings. The molecule has 3 rings (SSSR count). The summed E-state index contributed by atoms with van der Waals surface area (Å²) in [6.45, 7) is -0.250. The molecule has 3 aromatic carbocycles. The summed E-state index contributed by atoms with van der Waals surface area (Å²) in [4.78, 5) is 22.4. The second kappa shape index (κ2) is 8.86. The molecule has 0 aliphatic carbocycles. The smallest absolute Gasteiger partial charge is 0.289 e. The molecular formula is C20H14BrClN2O4. The fraction of sp³-hybridized carbons (Fsp3) is 0.0500. The molecule has 0 aliphatic rings. The molecule has 142 valence electrons. The standard InChI is InChI=1S/C20H14BrClN2O4/c21-16-10-14(13-4-2-1-3-5-13)6-9-19(16)28-12-20(25)23-15-7-8-17(22)18(11-15)24(26)27/h1-11H,12H2,(H,23,25). The monoisotopic (exact) mass is 460 g/mol. The Hall–Kier alpha value is -2.90. The predicted octanol–water partition coefficient (Wildman–Crippen LogP) is 5.70. The highest BCUT2D eigenvalue weighted by Crippen LogP contribution is 2.31. The predicted molar refractivity (Wildman–Crippen MR) is 112 cm³/mol. The molecule has 0 saturated heterocycles. The number of hydrogen-bond acceptors (Lipinski definition) is 4. The summed E-state index contributed by atoms with van der Waals surface area (Å²) in [6.07, 6.45) is 0. The van der Waals surface area contributed by atoms with Crippen molar-refractivity contribution < 1.29 is 14.5 Å². The third kappa shape index (κ3) is 4.88. The van der Waals surface area contributed by atoms with E-state index in [1.807, 2.05) is 42.5 Å². The molecular weight excluding hydrogens is 448 g/mol. The molecule has 6 nitrogen and oxygen atoms in total. The number of nitrogens with one attached hydrogen (secondary N) is 1. The van der Waals surface area contributed by atoms with Gasteiger partial charge >= 0.3 is 0 Å². The zero-order valence-electron chi connectivity index (χ0n) is 14.4. The molecule has 0 bridgehead atoms. The number of hydrogen-bond donors (Lipinski definition) is 1. The second-order valence-corrected chi connectivity index (χ2v) is 7.03. The minimum absolute atomic E-state index is 0.00156. The summed E-state index contributed by atoms with van der Waals surface area (Å²) in [5.41, 5.74) is 2.07. The van der Waals surface area contributed by atoms with Gasteiger partial charge < -0.3 is 10.1 Å². The van der Waals surface area contributed by atoms with Crippen molar-refractivity contribution in [2.24, 2.45) is 0 Å². The molecule has 28 heavy (non-hydrogen) atoms. The van der Waals surface area contributed by atoms with E-state index in [1.54, 1.807) is 6.07 Å². The van der Waals surface area contributed by atoms with Crippen LogP contribution in [0.1, 0.15) is 0 Å². The number of carbonyl (C=O) groups excluding carboxylic acids is 1. The Bertz CT molecular complexity index is 1030. The molecule has 0 radical (unpaired) electrons. The zero-order valence-corrected chi connectivity index (χ0v) is 16.7. The lowest BCUT2D eigenvalue weighted by atomic mass is 10.1. The first-order valence-corrected chi connectivity index (χ1v) is 9.32. The number of nitrogens with zero attached hydrogens (tertiary/aromatic N) is 1. The normalized spacial score (nSPS) is 10.4. The van der Waals surface area contributed by atoms with Crippen LogP contribution in [0.4, 0.5) is 11.4 Å². The Morgan fingerprint density at radius 3 is 2.50 bits per heavy atom. The average molecular weight is 462 g/mol. The van der Waals surface area contributed by atoms with E-state index in [-0.39, 0.29) is 23.0 Å².